The van der Waals surface area contributed by atoms with E-state index in [2.05, 4.69) is 17.6 Å². The van der Waals surface area contributed by atoms with Crippen molar-refractivity contribution in [3.05, 3.63) is 0 Å². The van der Waals surface area contributed by atoms with Gasteiger partial charge in [-0.3, -0.25) is 9.59 Å². The number of ether oxygens (including phenoxy) is 1. The Labute approximate surface area is 134 Å². The monoisotopic (exact) mass is 312 g/mol. The van der Waals surface area contributed by atoms with Crippen LogP contribution in [0.15, 0.2) is 0 Å². The summed E-state index contributed by atoms with van der Waals surface area (Å²) in [5.74, 6) is 0.808. The Morgan fingerprint density at radius 3 is 2.36 bits per heavy atom. The molecule has 1 aliphatic rings. The van der Waals surface area contributed by atoms with E-state index in [1.54, 1.807) is 7.11 Å². The van der Waals surface area contributed by atoms with Crippen molar-refractivity contribution in [1.29, 1.82) is 0 Å². The third kappa shape index (κ3) is 6.34. The molecule has 2 amide bonds. The summed E-state index contributed by atoms with van der Waals surface area (Å²) in [7, 11) is 1.64. The molecule has 0 aromatic carbocycles. The Kier molecular flexibility index (Phi) is 8.46. The standard InChI is InChI=1S/C17H32N2O3/c1-12(2)15(17(21)18-10-5-11-22-4)19-16(20)14-8-6-13(3)7-9-14/h12-15H,5-11H2,1-4H3,(H,18,21)(H,19,20)/t13?,14?,15-/m0/s1. The largest absolute Gasteiger partial charge is 0.385 e. The summed E-state index contributed by atoms with van der Waals surface area (Å²) in [5.41, 5.74) is 0. The number of hydrogen-bond acceptors (Lipinski definition) is 3. The lowest BCUT2D eigenvalue weighted by Gasteiger charge is -2.28. The molecule has 1 saturated carbocycles. The lowest BCUT2D eigenvalue weighted by Crippen LogP contribution is -2.51. The zero-order valence-corrected chi connectivity index (χ0v) is 14.5. The van der Waals surface area contributed by atoms with Gasteiger partial charge in [0.1, 0.15) is 6.04 Å². The van der Waals surface area contributed by atoms with Crippen molar-refractivity contribution in [3.63, 3.8) is 0 Å². The van der Waals surface area contributed by atoms with Gasteiger partial charge >= 0.3 is 0 Å². The Bertz CT molecular complexity index is 350. The first kappa shape index (κ1) is 18.9. The zero-order chi connectivity index (χ0) is 16.5. The van der Waals surface area contributed by atoms with E-state index in [0.717, 1.165) is 32.1 Å². The summed E-state index contributed by atoms with van der Waals surface area (Å²) in [4.78, 5) is 24.6. The first-order chi connectivity index (χ1) is 10.5. The number of hydrogen-bond donors (Lipinski definition) is 2. The van der Waals surface area contributed by atoms with Gasteiger partial charge in [-0.15, -0.1) is 0 Å². The topological polar surface area (TPSA) is 67.4 Å². The van der Waals surface area contributed by atoms with Gasteiger partial charge < -0.3 is 15.4 Å². The molecule has 2 N–H and O–H groups in total. The van der Waals surface area contributed by atoms with E-state index >= 15 is 0 Å². The van der Waals surface area contributed by atoms with E-state index in [1.807, 2.05) is 13.8 Å². The maximum Gasteiger partial charge on any atom is 0.242 e. The van der Waals surface area contributed by atoms with Crippen LogP contribution in [0.25, 0.3) is 0 Å². The minimum atomic E-state index is -0.450. The maximum absolute atomic E-state index is 12.4. The lowest BCUT2D eigenvalue weighted by molar-refractivity contribution is -0.132. The first-order valence-electron chi connectivity index (χ1n) is 8.52. The average molecular weight is 312 g/mol. The second-order valence-corrected chi connectivity index (χ2v) is 6.82. The number of amides is 2. The Morgan fingerprint density at radius 2 is 1.82 bits per heavy atom. The lowest BCUT2D eigenvalue weighted by atomic mass is 9.82. The molecular formula is C17H32N2O3. The van der Waals surface area contributed by atoms with Crippen molar-refractivity contribution in [3.8, 4) is 0 Å². The molecule has 1 aliphatic carbocycles. The van der Waals surface area contributed by atoms with Crippen LogP contribution < -0.4 is 10.6 Å². The van der Waals surface area contributed by atoms with Crippen LogP contribution in [-0.2, 0) is 14.3 Å². The third-order valence-corrected chi connectivity index (χ3v) is 4.46. The van der Waals surface area contributed by atoms with Gasteiger partial charge in [0.2, 0.25) is 11.8 Å². The van der Waals surface area contributed by atoms with Gasteiger partial charge in [0.05, 0.1) is 0 Å². The first-order valence-corrected chi connectivity index (χ1v) is 8.52. The van der Waals surface area contributed by atoms with E-state index < -0.39 is 6.04 Å². The minimum Gasteiger partial charge on any atom is -0.385 e. The number of nitrogens with one attached hydrogen (secondary N) is 2. The summed E-state index contributed by atoms with van der Waals surface area (Å²) in [6.07, 6.45) is 4.86. The van der Waals surface area contributed by atoms with E-state index in [1.165, 1.54) is 0 Å². The van der Waals surface area contributed by atoms with Crippen LogP contribution in [0, 0.1) is 17.8 Å². The third-order valence-electron chi connectivity index (χ3n) is 4.46. The highest BCUT2D eigenvalue weighted by Gasteiger charge is 2.29. The molecule has 1 fully saturated rings. The molecule has 1 atom stereocenters. The highest BCUT2D eigenvalue weighted by atomic mass is 16.5. The number of rotatable bonds is 8. The van der Waals surface area contributed by atoms with Crippen LogP contribution in [-0.4, -0.2) is 38.1 Å². The molecule has 0 radical (unpaired) electrons. The van der Waals surface area contributed by atoms with Gasteiger partial charge in [-0.25, -0.2) is 0 Å². The minimum absolute atomic E-state index is 0.0395. The molecule has 22 heavy (non-hydrogen) atoms. The molecule has 0 unspecified atom stereocenters. The van der Waals surface area contributed by atoms with E-state index in [0.29, 0.717) is 19.1 Å². The highest BCUT2D eigenvalue weighted by molar-refractivity contribution is 5.88. The smallest absolute Gasteiger partial charge is 0.242 e. The molecular weight excluding hydrogens is 280 g/mol. The van der Waals surface area contributed by atoms with Crippen LogP contribution in [0.2, 0.25) is 0 Å². The predicted octanol–water partition coefficient (Wildman–Crippen LogP) is 2.11. The summed E-state index contributed by atoms with van der Waals surface area (Å²) in [6, 6.07) is -0.450. The van der Waals surface area contributed by atoms with Crippen LogP contribution in [0.1, 0.15) is 52.9 Å². The SMILES string of the molecule is COCCCNC(=O)[C@@H](NC(=O)C1CCC(C)CC1)C(C)C. The van der Waals surface area contributed by atoms with Crippen molar-refractivity contribution in [2.75, 3.05) is 20.3 Å². The van der Waals surface area contributed by atoms with Gasteiger partial charge in [-0.1, -0.05) is 20.8 Å². The summed E-state index contributed by atoms with van der Waals surface area (Å²) < 4.78 is 4.96. The fourth-order valence-electron chi connectivity index (χ4n) is 2.87. The maximum atomic E-state index is 12.4. The van der Waals surface area contributed by atoms with Crippen molar-refractivity contribution in [2.24, 2.45) is 17.8 Å². The zero-order valence-electron chi connectivity index (χ0n) is 14.5. The molecule has 0 heterocycles. The average Bonchev–Trinajstić information content (AvgIpc) is 2.49. The van der Waals surface area contributed by atoms with E-state index in [9.17, 15) is 9.59 Å². The van der Waals surface area contributed by atoms with Gasteiger partial charge in [-0.05, 0) is 43.9 Å². The molecule has 0 saturated heterocycles. The Hall–Kier alpha value is -1.10. The van der Waals surface area contributed by atoms with Gasteiger partial charge in [0, 0.05) is 26.2 Å². The summed E-state index contributed by atoms with van der Waals surface area (Å²) >= 11 is 0. The van der Waals surface area contributed by atoms with Crippen molar-refractivity contribution < 1.29 is 14.3 Å². The number of methoxy groups -OCH3 is 1. The van der Waals surface area contributed by atoms with E-state index in [-0.39, 0.29) is 23.7 Å². The van der Waals surface area contributed by atoms with Crippen LogP contribution in [0.5, 0.6) is 0 Å². The van der Waals surface area contributed by atoms with Gasteiger partial charge in [0.15, 0.2) is 0 Å². The molecule has 0 spiro atoms. The van der Waals surface area contributed by atoms with Crippen molar-refractivity contribution >= 4 is 11.8 Å². The molecule has 1 rings (SSSR count). The Morgan fingerprint density at radius 1 is 1.18 bits per heavy atom. The van der Waals surface area contributed by atoms with Crippen molar-refractivity contribution in [2.45, 2.75) is 58.9 Å². The normalized spacial score (nSPS) is 23.1. The fourth-order valence-corrected chi connectivity index (χ4v) is 2.87. The molecule has 5 nitrogen and oxygen atoms in total. The fraction of sp³-hybridized carbons (Fsp3) is 0.882. The second kappa shape index (κ2) is 9.82. The summed E-state index contributed by atoms with van der Waals surface area (Å²) in [5, 5.41) is 5.84. The number of carbonyl (C=O) groups is 2. The molecule has 0 aromatic rings. The molecule has 0 bridgehead atoms. The summed E-state index contributed by atoms with van der Waals surface area (Å²) in [6.45, 7) is 7.36. The molecule has 128 valence electrons. The highest BCUT2D eigenvalue weighted by Crippen LogP contribution is 2.28. The van der Waals surface area contributed by atoms with Crippen molar-refractivity contribution in [1.82, 2.24) is 10.6 Å². The second-order valence-electron chi connectivity index (χ2n) is 6.82. The van der Waals surface area contributed by atoms with Crippen LogP contribution in [0.3, 0.4) is 0 Å². The quantitative estimate of drug-likeness (QED) is 0.675. The van der Waals surface area contributed by atoms with Crippen LogP contribution in [0.4, 0.5) is 0 Å². The molecule has 0 aliphatic heterocycles. The van der Waals surface area contributed by atoms with E-state index in [4.69, 9.17) is 4.74 Å². The molecule has 5 heteroatoms. The number of carbonyl (C=O) groups excluding carboxylic acids is 2. The van der Waals surface area contributed by atoms with Gasteiger partial charge in [0.25, 0.3) is 0 Å². The van der Waals surface area contributed by atoms with Crippen LogP contribution >= 0.6 is 0 Å². The Balaban J connectivity index is 2.45. The predicted molar refractivity (Wildman–Crippen MR) is 87.4 cm³/mol. The molecule has 0 aromatic heterocycles. The van der Waals surface area contributed by atoms with Gasteiger partial charge in [-0.2, -0.15) is 0 Å².